The maximum absolute atomic E-state index is 12.7. The number of benzene rings is 1. The van der Waals surface area contributed by atoms with E-state index in [-0.39, 0.29) is 33.2 Å². The third-order valence-corrected chi connectivity index (χ3v) is 4.01. The highest BCUT2D eigenvalue weighted by molar-refractivity contribution is 7.71. The zero-order chi connectivity index (χ0) is 19.0. The van der Waals surface area contributed by atoms with Crippen molar-refractivity contribution in [1.82, 2.24) is 15.0 Å². The molecule has 0 saturated carbocycles. The monoisotopic (exact) mass is 360 g/mol. The number of anilines is 1. The summed E-state index contributed by atoms with van der Waals surface area (Å²) in [4.78, 5) is 23.1. The Morgan fingerprint density at radius 3 is 2.04 bits per heavy atom. The van der Waals surface area contributed by atoms with Crippen molar-refractivity contribution in [3.63, 3.8) is 0 Å². The van der Waals surface area contributed by atoms with Crippen LogP contribution in [0.1, 0.15) is 63.0 Å². The quantitative estimate of drug-likeness (QED) is 0.702. The van der Waals surface area contributed by atoms with Crippen LogP contribution in [0.25, 0.3) is 0 Å². The average Bonchev–Trinajstić information content (AvgIpc) is 2.44. The molecule has 0 saturated heterocycles. The first-order valence-corrected chi connectivity index (χ1v) is 8.41. The molecule has 0 atom stereocenters. The van der Waals surface area contributed by atoms with E-state index in [0.717, 1.165) is 11.1 Å². The molecule has 3 N–H and O–H groups in total. The smallest absolute Gasteiger partial charge is 0.257 e. The Hall–Kier alpha value is -2.28. The summed E-state index contributed by atoms with van der Waals surface area (Å²) < 4.78 is 0.238. The van der Waals surface area contributed by atoms with Crippen molar-refractivity contribution in [3.8, 4) is 5.75 Å². The molecule has 2 rings (SSSR count). The molecule has 0 aliphatic carbocycles. The standard InChI is InChI=1S/C18H24N4O2S/c1-17(2,3)11-7-10(8-12(13(11)23)18(4,5)6)14(24)21-15-19-9-20-16(25)22-15/h7-9,23H,1-6H3,(H2,19,20,21,22,24,25). The van der Waals surface area contributed by atoms with Gasteiger partial charge in [0.05, 0.1) is 0 Å². The van der Waals surface area contributed by atoms with Gasteiger partial charge in [-0.25, -0.2) is 9.97 Å². The van der Waals surface area contributed by atoms with E-state index in [4.69, 9.17) is 12.2 Å². The molecule has 1 heterocycles. The van der Waals surface area contributed by atoms with Crippen molar-refractivity contribution in [2.24, 2.45) is 0 Å². The Morgan fingerprint density at radius 2 is 1.60 bits per heavy atom. The summed E-state index contributed by atoms with van der Waals surface area (Å²) in [5, 5.41) is 13.4. The molecule has 0 unspecified atom stereocenters. The molecule has 7 heteroatoms. The fraction of sp³-hybridized carbons (Fsp3) is 0.444. The number of rotatable bonds is 2. The highest BCUT2D eigenvalue weighted by Gasteiger charge is 2.27. The van der Waals surface area contributed by atoms with Gasteiger partial charge in [0, 0.05) is 16.7 Å². The van der Waals surface area contributed by atoms with Gasteiger partial charge in [-0.05, 0) is 35.2 Å². The number of aromatic hydroxyl groups is 1. The zero-order valence-corrected chi connectivity index (χ0v) is 16.2. The second kappa shape index (κ2) is 6.55. The molecular formula is C18H24N4O2S. The molecule has 134 valence electrons. The van der Waals surface area contributed by atoms with E-state index in [1.54, 1.807) is 12.1 Å². The predicted molar refractivity (Wildman–Crippen MR) is 101 cm³/mol. The van der Waals surface area contributed by atoms with Crippen molar-refractivity contribution >= 4 is 24.1 Å². The highest BCUT2D eigenvalue weighted by Crippen LogP contribution is 2.39. The summed E-state index contributed by atoms with van der Waals surface area (Å²) in [6.07, 6.45) is 1.28. The molecule has 1 aromatic carbocycles. The number of phenolic OH excluding ortho intramolecular Hbond substituents is 1. The SMILES string of the molecule is CC(C)(C)c1cc(C(=O)Nc2ncnc(=S)[nH]2)cc(C(C)(C)C)c1O. The third-order valence-electron chi connectivity index (χ3n) is 3.81. The lowest BCUT2D eigenvalue weighted by molar-refractivity contribution is 0.102. The normalized spacial score (nSPS) is 12.1. The minimum Gasteiger partial charge on any atom is -0.507 e. The van der Waals surface area contributed by atoms with E-state index in [1.807, 2.05) is 41.5 Å². The van der Waals surface area contributed by atoms with Crippen LogP contribution in [0.3, 0.4) is 0 Å². The molecular weight excluding hydrogens is 336 g/mol. The van der Waals surface area contributed by atoms with Crippen LogP contribution in [0.4, 0.5) is 5.95 Å². The summed E-state index contributed by atoms with van der Waals surface area (Å²) >= 11 is 4.93. The summed E-state index contributed by atoms with van der Waals surface area (Å²) in [6.45, 7) is 12.0. The fourth-order valence-corrected chi connectivity index (χ4v) is 2.60. The minimum absolute atomic E-state index is 0.229. The lowest BCUT2D eigenvalue weighted by Crippen LogP contribution is -2.21. The van der Waals surface area contributed by atoms with Gasteiger partial charge in [-0.3, -0.25) is 10.1 Å². The van der Waals surface area contributed by atoms with E-state index in [9.17, 15) is 9.90 Å². The number of nitrogens with zero attached hydrogens (tertiary/aromatic N) is 2. The van der Waals surface area contributed by atoms with E-state index < -0.39 is 0 Å². The van der Waals surface area contributed by atoms with Gasteiger partial charge >= 0.3 is 0 Å². The van der Waals surface area contributed by atoms with Crippen LogP contribution < -0.4 is 5.32 Å². The Labute approximate surface area is 152 Å². The van der Waals surface area contributed by atoms with Gasteiger partial charge in [-0.2, -0.15) is 0 Å². The van der Waals surface area contributed by atoms with Crippen molar-refractivity contribution < 1.29 is 9.90 Å². The zero-order valence-electron chi connectivity index (χ0n) is 15.4. The number of aromatic nitrogens is 3. The van der Waals surface area contributed by atoms with Gasteiger partial charge in [0.1, 0.15) is 12.1 Å². The molecule has 0 aliphatic rings. The van der Waals surface area contributed by atoms with Crippen LogP contribution in [-0.4, -0.2) is 26.0 Å². The lowest BCUT2D eigenvalue weighted by Gasteiger charge is -2.28. The molecule has 0 bridgehead atoms. The number of amides is 1. The van der Waals surface area contributed by atoms with Crippen molar-refractivity contribution in [1.29, 1.82) is 0 Å². The van der Waals surface area contributed by atoms with Crippen LogP contribution in [-0.2, 0) is 10.8 Å². The number of aromatic amines is 1. The van der Waals surface area contributed by atoms with Gasteiger partial charge in [0.15, 0.2) is 0 Å². The number of hydrogen-bond acceptors (Lipinski definition) is 5. The molecule has 0 aliphatic heterocycles. The van der Waals surface area contributed by atoms with Gasteiger partial charge < -0.3 is 10.1 Å². The number of hydrogen-bond donors (Lipinski definition) is 3. The third kappa shape index (κ3) is 4.42. The van der Waals surface area contributed by atoms with Crippen LogP contribution in [0.15, 0.2) is 18.5 Å². The average molecular weight is 360 g/mol. The molecule has 6 nitrogen and oxygen atoms in total. The maximum atomic E-state index is 12.7. The van der Waals surface area contributed by atoms with Gasteiger partial charge in [0.2, 0.25) is 10.7 Å². The Kier molecular flexibility index (Phi) is 4.99. The molecule has 0 spiro atoms. The van der Waals surface area contributed by atoms with Crippen LogP contribution >= 0.6 is 12.2 Å². The second-order valence-corrected chi connectivity index (χ2v) is 8.41. The van der Waals surface area contributed by atoms with E-state index >= 15 is 0 Å². The number of nitrogens with one attached hydrogen (secondary N) is 2. The number of phenols is 1. The number of H-pyrrole nitrogens is 1. The van der Waals surface area contributed by atoms with Crippen LogP contribution in [0.5, 0.6) is 5.75 Å². The van der Waals surface area contributed by atoms with Crippen LogP contribution in [0.2, 0.25) is 0 Å². The van der Waals surface area contributed by atoms with Crippen molar-refractivity contribution in [2.45, 2.75) is 52.4 Å². The minimum atomic E-state index is -0.333. The van der Waals surface area contributed by atoms with Gasteiger partial charge in [-0.15, -0.1) is 0 Å². The summed E-state index contributed by atoms with van der Waals surface area (Å²) in [7, 11) is 0. The molecule has 0 radical (unpaired) electrons. The highest BCUT2D eigenvalue weighted by atomic mass is 32.1. The first-order valence-electron chi connectivity index (χ1n) is 8.00. The maximum Gasteiger partial charge on any atom is 0.257 e. The Morgan fingerprint density at radius 1 is 1.08 bits per heavy atom. The van der Waals surface area contributed by atoms with E-state index in [1.165, 1.54) is 6.33 Å². The number of carbonyl (C=O) groups excluding carboxylic acids is 1. The first-order chi connectivity index (χ1) is 11.4. The van der Waals surface area contributed by atoms with Crippen molar-refractivity contribution in [3.05, 3.63) is 39.9 Å². The summed E-state index contributed by atoms with van der Waals surface area (Å²) in [5.74, 6) is 0.131. The summed E-state index contributed by atoms with van der Waals surface area (Å²) in [5.41, 5.74) is 1.27. The lowest BCUT2D eigenvalue weighted by atomic mass is 9.78. The van der Waals surface area contributed by atoms with Crippen molar-refractivity contribution in [2.75, 3.05) is 5.32 Å². The first kappa shape index (κ1) is 19.1. The molecule has 25 heavy (non-hydrogen) atoms. The molecule has 0 fully saturated rings. The number of carbonyl (C=O) groups is 1. The second-order valence-electron chi connectivity index (χ2n) is 8.03. The summed E-state index contributed by atoms with van der Waals surface area (Å²) in [6, 6.07) is 3.44. The van der Waals surface area contributed by atoms with E-state index in [0.29, 0.717) is 5.56 Å². The van der Waals surface area contributed by atoms with Gasteiger partial charge in [0.25, 0.3) is 5.91 Å². The molecule has 1 aromatic heterocycles. The topological polar surface area (TPSA) is 90.9 Å². The Bertz CT molecular complexity index is 825. The van der Waals surface area contributed by atoms with Gasteiger partial charge in [-0.1, -0.05) is 41.5 Å². The molecule has 1 amide bonds. The van der Waals surface area contributed by atoms with E-state index in [2.05, 4.69) is 20.3 Å². The Balaban J connectivity index is 2.53. The largest absolute Gasteiger partial charge is 0.507 e. The fourth-order valence-electron chi connectivity index (χ4n) is 2.46. The van der Waals surface area contributed by atoms with Crippen LogP contribution in [0, 0.1) is 4.77 Å². The predicted octanol–water partition coefficient (Wildman–Crippen LogP) is 4.09. The molecule has 2 aromatic rings.